The summed E-state index contributed by atoms with van der Waals surface area (Å²) < 4.78 is 50.4. The lowest BCUT2D eigenvalue weighted by atomic mass is 9.97. The lowest BCUT2D eigenvalue weighted by Crippen LogP contribution is -2.44. The SMILES string of the molecule is COCOOC1(C)C2C(F)[C@@H]2C[C@@H]1OCc1ccc(F)c(F)c1.O. The minimum absolute atomic E-state index is 0. The molecule has 1 aromatic rings. The summed E-state index contributed by atoms with van der Waals surface area (Å²) in [5, 5.41) is 0. The van der Waals surface area contributed by atoms with Crippen molar-refractivity contribution >= 4 is 0 Å². The minimum Gasteiger partial charge on any atom is -0.412 e. The Labute approximate surface area is 137 Å². The number of ether oxygens (including phenoxy) is 2. The van der Waals surface area contributed by atoms with Gasteiger partial charge in [0.25, 0.3) is 0 Å². The van der Waals surface area contributed by atoms with Gasteiger partial charge in [0, 0.05) is 18.9 Å². The highest BCUT2D eigenvalue weighted by Crippen LogP contribution is 2.61. The molecule has 0 saturated heterocycles. The van der Waals surface area contributed by atoms with Gasteiger partial charge in [0.15, 0.2) is 18.4 Å². The van der Waals surface area contributed by atoms with E-state index >= 15 is 0 Å². The molecular weight excluding hydrogens is 329 g/mol. The van der Waals surface area contributed by atoms with Crippen LogP contribution in [0.3, 0.4) is 0 Å². The van der Waals surface area contributed by atoms with Gasteiger partial charge in [-0.05, 0) is 31.0 Å². The van der Waals surface area contributed by atoms with Crippen molar-refractivity contribution in [3.63, 3.8) is 0 Å². The lowest BCUT2D eigenvalue weighted by molar-refractivity contribution is -0.403. The van der Waals surface area contributed by atoms with Crippen molar-refractivity contribution < 1.29 is 37.9 Å². The minimum atomic E-state index is -0.929. The number of methoxy groups -OCH3 is 1. The van der Waals surface area contributed by atoms with Crippen LogP contribution in [-0.4, -0.2) is 37.3 Å². The Morgan fingerprint density at radius 3 is 2.67 bits per heavy atom. The molecule has 0 aromatic heterocycles. The second kappa shape index (κ2) is 7.37. The Morgan fingerprint density at radius 1 is 1.25 bits per heavy atom. The largest absolute Gasteiger partial charge is 0.412 e. The summed E-state index contributed by atoms with van der Waals surface area (Å²) in [5.74, 6) is -2.22. The van der Waals surface area contributed by atoms with Crippen molar-refractivity contribution in [2.45, 2.75) is 37.8 Å². The van der Waals surface area contributed by atoms with E-state index in [4.69, 9.17) is 19.2 Å². The Hall–Kier alpha value is -1.19. The summed E-state index contributed by atoms with van der Waals surface area (Å²) in [7, 11) is 1.45. The Balaban J connectivity index is 0.00000208. The fourth-order valence-corrected chi connectivity index (χ4v) is 3.41. The van der Waals surface area contributed by atoms with E-state index in [1.807, 2.05) is 0 Å². The molecule has 0 spiro atoms. The highest BCUT2D eigenvalue weighted by Gasteiger charge is 2.71. The third kappa shape index (κ3) is 3.43. The molecule has 24 heavy (non-hydrogen) atoms. The highest BCUT2D eigenvalue weighted by molar-refractivity contribution is 5.19. The molecule has 2 aliphatic rings. The number of halogens is 3. The van der Waals surface area contributed by atoms with Crippen molar-refractivity contribution in [3.8, 4) is 0 Å². The smallest absolute Gasteiger partial charge is 0.180 e. The van der Waals surface area contributed by atoms with Crippen molar-refractivity contribution in [1.82, 2.24) is 0 Å². The molecule has 5 nitrogen and oxygen atoms in total. The van der Waals surface area contributed by atoms with Gasteiger partial charge in [-0.3, -0.25) is 0 Å². The normalized spacial score (nSPS) is 33.9. The van der Waals surface area contributed by atoms with Crippen LogP contribution in [0.4, 0.5) is 13.2 Å². The van der Waals surface area contributed by atoms with Crippen LogP contribution in [0.2, 0.25) is 0 Å². The number of rotatable bonds is 7. The molecule has 136 valence electrons. The Morgan fingerprint density at radius 2 is 2.00 bits per heavy atom. The summed E-state index contributed by atoms with van der Waals surface area (Å²) in [6.45, 7) is 1.75. The molecule has 8 heteroatoms. The van der Waals surface area contributed by atoms with Crippen LogP contribution >= 0.6 is 0 Å². The van der Waals surface area contributed by atoms with Crippen LogP contribution in [0.25, 0.3) is 0 Å². The van der Waals surface area contributed by atoms with Crippen LogP contribution in [-0.2, 0) is 25.9 Å². The van der Waals surface area contributed by atoms with Gasteiger partial charge in [0.05, 0.1) is 12.7 Å². The fraction of sp³-hybridized carbons (Fsp3) is 0.625. The summed E-state index contributed by atoms with van der Waals surface area (Å²) in [6, 6.07) is 3.59. The van der Waals surface area contributed by atoms with Gasteiger partial charge in [-0.25, -0.2) is 22.9 Å². The number of fused-ring (bicyclic) bond motifs is 1. The summed E-state index contributed by atoms with van der Waals surface area (Å²) >= 11 is 0. The van der Waals surface area contributed by atoms with E-state index in [-0.39, 0.29) is 30.7 Å². The van der Waals surface area contributed by atoms with Crippen molar-refractivity contribution in [1.29, 1.82) is 0 Å². The topological polar surface area (TPSA) is 68.4 Å². The van der Waals surface area contributed by atoms with Gasteiger partial charge in [0.2, 0.25) is 0 Å². The molecule has 0 heterocycles. The van der Waals surface area contributed by atoms with Crippen molar-refractivity contribution in [2.75, 3.05) is 13.9 Å². The van der Waals surface area contributed by atoms with Gasteiger partial charge < -0.3 is 14.9 Å². The quantitative estimate of drug-likeness (QED) is 0.328. The van der Waals surface area contributed by atoms with E-state index < -0.39 is 29.5 Å². The molecule has 3 rings (SSSR count). The Kier molecular flexibility index (Phi) is 5.87. The second-order valence-corrected chi connectivity index (χ2v) is 6.21. The molecule has 3 unspecified atom stereocenters. The maximum Gasteiger partial charge on any atom is 0.180 e. The third-order valence-corrected chi connectivity index (χ3v) is 4.70. The van der Waals surface area contributed by atoms with E-state index in [9.17, 15) is 13.2 Å². The van der Waals surface area contributed by atoms with Crippen LogP contribution in [0, 0.1) is 23.5 Å². The van der Waals surface area contributed by atoms with E-state index in [0.29, 0.717) is 12.0 Å². The third-order valence-electron chi connectivity index (χ3n) is 4.70. The van der Waals surface area contributed by atoms with Crippen LogP contribution in [0.5, 0.6) is 0 Å². The first-order chi connectivity index (χ1) is 11.0. The molecule has 0 aliphatic heterocycles. The van der Waals surface area contributed by atoms with E-state index in [1.54, 1.807) is 6.92 Å². The zero-order valence-corrected chi connectivity index (χ0v) is 13.4. The fourth-order valence-electron chi connectivity index (χ4n) is 3.41. The predicted molar refractivity (Wildman–Crippen MR) is 77.5 cm³/mol. The number of hydrogen-bond donors (Lipinski definition) is 0. The first-order valence-corrected chi connectivity index (χ1v) is 7.46. The molecule has 1 aromatic carbocycles. The predicted octanol–water partition coefficient (Wildman–Crippen LogP) is 2.32. The van der Waals surface area contributed by atoms with Gasteiger partial charge in [-0.1, -0.05) is 6.07 Å². The maximum absolute atomic E-state index is 13.7. The average molecular weight is 350 g/mol. The monoisotopic (exact) mass is 350 g/mol. The highest BCUT2D eigenvalue weighted by atomic mass is 19.2. The van der Waals surface area contributed by atoms with Crippen molar-refractivity contribution in [2.24, 2.45) is 11.8 Å². The first-order valence-electron chi connectivity index (χ1n) is 7.46. The van der Waals surface area contributed by atoms with Gasteiger partial charge in [-0.15, -0.1) is 0 Å². The summed E-state index contributed by atoms with van der Waals surface area (Å²) in [6.07, 6.45) is -0.814. The zero-order chi connectivity index (χ0) is 16.6. The molecule has 5 atom stereocenters. The zero-order valence-electron chi connectivity index (χ0n) is 13.4. The first kappa shape index (κ1) is 19.1. The molecule has 2 saturated carbocycles. The van der Waals surface area contributed by atoms with Crippen molar-refractivity contribution in [3.05, 3.63) is 35.4 Å². The average Bonchev–Trinajstić information content (AvgIpc) is 3.06. The molecule has 2 aliphatic carbocycles. The summed E-state index contributed by atoms with van der Waals surface area (Å²) in [4.78, 5) is 10.3. The number of benzene rings is 1. The van der Waals surface area contributed by atoms with Gasteiger partial charge in [0.1, 0.15) is 11.8 Å². The molecule has 2 fully saturated rings. The maximum atomic E-state index is 13.7. The lowest BCUT2D eigenvalue weighted by Gasteiger charge is -2.32. The number of alkyl halides is 1. The molecular formula is C16H21F3O5. The van der Waals surface area contributed by atoms with Crippen LogP contribution in [0.1, 0.15) is 18.9 Å². The van der Waals surface area contributed by atoms with Gasteiger partial charge in [-0.2, -0.15) is 0 Å². The van der Waals surface area contributed by atoms with E-state index in [0.717, 1.165) is 12.1 Å². The van der Waals surface area contributed by atoms with Crippen LogP contribution in [0.15, 0.2) is 18.2 Å². The molecule has 0 radical (unpaired) electrons. The van der Waals surface area contributed by atoms with Gasteiger partial charge >= 0.3 is 0 Å². The van der Waals surface area contributed by atoms with E-state index in [1.165, 1.54) is 13.2 Å². The second-order valence-electron chi connectivity index (χ2n) is 6.21. The number of hydrogen-bond acceptors (Lipinski definition) is 4. The molecule has 0 bridgehead atoms. The van der Waals surface area contributed by atoms with Crippen LogP contribution < -0.4 is 0 Å². The van der Waals surface area contributed by atoms with E-state index in [2.05, 4.69) is 0 Å². The summed E-state index contributed by atoms with van der Waals surface area (Å²) in [5.41, 5.74) is -0.428. The molecule has 0 amide bonds. The Bertz CT molecular complexity index is 573. The molecule has 2 N–H and O–H groups in total. The standard InChI is InChI=1S/C16H19F3O4.H2O/c1-16(23-22-8-20-2)13(6-10-14(16)15(10)19)21-7-9-3-4-11(17)12(18)5-9;/h3-5,10,13-15H,6-8H2,1-2H3;1H2/t10-,13+,14?,15?,16?;/m1./s1.